The van der Waals surface area contributed by atoms with Gasteiger partial charge in [-0.2, -0.15) is 0 Å². The van der Waals surface area contributed by atoms with Crippen LogP contribution in [0, 0.1) is 5.82 Å². The number of carbonyl (C=O) groups excluding carboxylic acids is 2. The van der Waals surface area contributed by atoms with Crippen molar-refractivity contribution < 1.29 is 28.6 Å². The van der Waals surface area contributed by atoms with Gasteiger partial charge in [-0.05, 0) is 47.9 Å². The zero-order valence-corrected chi connectivity index (χ0v) is 16.5. The second-order valence-electron chi connectivity index (χ2n) is 6.58. The summed E-state index contributed by atoms with van der Waals surface area (Å²) in [6.07, 6.45) is 2.13. The molecule has 9 heteroatoms. The second kappa shape index (κ2) is 9.66. The van der Waals surface area contributed by atoms with Gasteiger partial charge in [-0.15, -0.1) is 11.8 Å². The molecule has 0 bridgehead atoms. The lowest BCUT2D eigenvalue weighted by atomic mass is 10.1. The lowest BCUT2D eigenvalue weighted by Gasteiger charge is -2.10. The average Bonchev–Trinajstić information content (AvgIpc) is 3.18. The lowest BCUT2D eigenvalue weighted by molar-refractivity contribution is -0.138. The third kappa shape index (κ3) is 5.32. The Balaban J connectivity index is 1.69. The third-order valence-electron chi connectivity index (χ3n) is 4.40. The fourth-order valence-electron chi connectivity index (χ4n) is 2.84. The van der Waals surface area contributed by atoms with E-state index >= 15 is 0 Å². The van der Waals surface area contributed by atoms with E-state index in [1.807, 2.05) is 6.08 Å². The summed E-state index contributed by atoms with van der Waals surface area (Å²) >= 11 is 1.45. The Morgan fingerprint density at radius 3 is 2.67 bits per heavy atom. The largest absolute Gasteiger partial charge is 0.480 e. The number of nitrogens with one attached hydrogen (secondary N) is 1. The number of halogens is 1. The Morgan fingerprint density at radius 1 is 1.30 bits per heavy atom. The first-order chi connectivity index (χ1) is 14.4. The number of ketones is 1. The summed E-state index contributed by atoms with van der Waals surface area (Å²) in [5.74, 6) is -1.34. The van der Waals surface area contributed by atoms with E-state index in [1.165, 1.54) is 23.9 Å². The van der Waals surface area contributed by atoms with Crippen molar-refractivity contribution in [3.8, 4) is 11.5 Å². The Labute approximate surface area is 176 Å². The summed E-state index contributed by atoms with van der Waals surface area (Å²) in [6, 6.07) is 9.28. The van der Waals surface area contributed by atoms with Crippen molar-refractivity contribution in [1.29, 1.82) is 0 Å². The summed E-state index contributed by atoms with van der Waals surface area (Å²) in [6.45, 7) is 0. The normalized spacial score (nSPS) is 18.2. The van der Waals surface area contributed by atoms with Crippen LogP contribution in [0.15, 0.2) is 47.4 Å². The SMILES string of the molecule is NC(Cc1ccc(Oc2ccc(C=C3SCNC3C(=O)C=O)cc2)c(F)c1)C(=O)O. The van der Waals surface area contributed by atoms with Crippen LogP contribution in [-0.4, -0.2) is 41.1 Å². The molecule has 2 aromatic carbocycles. The molecule has 1 heterocycles. The van der Waals surface area contributed by atoms with Gasteiger partial charge in [0.2, 0.25) is 5.78 Å². The van der Waals surface area contributed by atoms with Crippen LogP contribution in [0.5, 0.6) is 11.5 Å². The van der Waals surface area contributed by atoms with Crippen molar-refractivity contribution >= 4 is 35.9 Å². The number of hydrogen-bond acceptors (Lipinski definition) is 7. The van der Waals surface area contributed by atoms with E-state index in [2.05, 4.69) is 5.32 Å². The number of rotatable bonds is 8. The van der Waals surface area contributed by atoms with Crippen molar-refractivity contribution in [3.63, 3.8) is 0 Å². The molecule has 0 spiro atoms. The van der Waals surface area contributed by atoms with Gasteiger partial charge in [0.1, 0.15) is 17.8 Å². The number of carboxylic acid groups (broad SMARTS) is 1. The molecule has 156 valence electrons. The predicted molar refractivity (Wildman–Crippen MR) is 111 cm³/mol. The fraction of sp³-hybridized carbons (Fsp3) is 0.190. The molecule has 2 unspecified atom stereocenters. The van der Waals surface area contributed by atoms with Crippen LogP contribution in [0.4, 0.5) is 4.39 Å². The van der Waals surface area contributed by atoms with Gasteiger partial charge in [0.15, 0.2) is 17.9 Å². The highest BCUT2D eigenvalue weighted by Crippen LogP contribution is 2.30. The van der Waals surface area contributed by atoms with Crippen LogP contribution in [0.3, 0.4) is 0 Å². The number of aldehydes is 1. The minimum absolute atomic E-state index is 0.000873. The van der Waals surface area contributed by atoms with E-state index in [-0.39, 0.29) is 12.2 Å². The molecule has 1 aliphatic heterocycles. The molecular formula is C21H19FN2O5S. The minimum atomic E-state index is -1.15. The number of Topliss-reactive ketones (excluding diaryl/α,β-unsaturated/α-hetero) is 1. The molecule has 4 N–H and O–H groups in total. The van der Waals surface area contributed by atoms with Gasteiger partial charge in [0, 0.05) is 10.8 Å². The molecule has 2 aromatic rings. The Morgan fingerprint density at radius 2 is 2.03 bits per heavy atom. The standard InChI is InChI=1S/C21H19FN2O5S/c22-15-7-13(8-16(23)21(27)28)3-6-18(15)29-14-4-1-12(2-5-14)9-19-20(17(26)10-25)24-11-30-19/h1-7,9-10,16,20,24H,8,11,23H2,(H,27,28). The smallest absolute Gasteiger partial charge is 0.320 e. The molecule has 3 rings (SSSR count). The van der Waals surface area contributed by atoms with E-state index in [1.54, 1.807) is 30.3 Å². The molecule has 0 aliphatic carbocycles. The summed E-state index contributed by atoms with van der Waals surface area (Å²) in [5.41, 5.74) is 6.73. The first-order valence-electron chi connectivity index (χ1n) is 8.99. The summed E-state index contributed by atoms with van der Waals surface area (Å²) in [5, 5.41) is 11.8. The third-order valence-corrected chi connectivity index (χ3v) is 5.40. The summed E-state index contributed by atoms with van der Waals surface area (Å²) in [4.78, 5) is 33.9. The Kier molecular flexibility index (Phi) is 6.99. The Bertz CT molecular complexity index is 993. The molecule has 0 amide bonds. The van der Waals surface area contributed by atoms with E-state index in [4.69, 9.17) is 15.6 Å². The molecule has 7 nitrogen and oxygen atoms in total. The number of hydrogen-bond donors (Lipinski definition) is 3. The maximum absolute atomic E-state index is 14.3. The molecule has 0 saturated carbocycles. The Hall–Kier alpha value is -3.01. The summed E-state index contributed by atoms with van der Waals surface area (Å²) in [7, 11) is 0. The lowest BCUT2D eigenvalue weighted by Crippen LogP contribution is -2.32. The molecule has 0 radical (unpaired) electrons. The van der Waals surface area contributed by atoms with Gasteiger partial charge in [-0.25, -0.2) is 4.39 Å². The van der Waals surface area contributed by atoms with E-state index in [0.29, 0.717) is 23.5 Å². The highest BCUT2D eigenvalue weighted by molar-refractivity contribution is 8.03. The molecule has 2 atom stereocenters. The predicted octanol–water partition coefficient (Wildman–Crippen LogP) is 2.34. The summed E-state index contributed by atoms with van der Waals surface area (Å²) < 4.78 is 19.9. The van der Waals surface area contributed by atoms with Crippen molar-refractivity contribution in [2.24, 2.45) is 5.73 Å². The minimum Gasteiger partial charge on any atom is -0.480 e. The van der Waals surface area contributed by atoms with Crippen molar-refractivity contribution in [1.82, 2.24) is 5.32 Å². The van der Waals surface area contributed by atoms with Crippen LogP contribution < -0.4 is 15.8 Å². The molecular weight excluding hydrogens is 411 g/mol. The van der Waals surface area contributed by atoms with Gasteiger partial charge in [0.05, 0.1) is 0 Å². The number of benzene rings is 2. The second-order valence-corrected chi connectivity index (χ2v) is 7.63. The molecule has 1 fully saturated rings. The van der Waals surface area contributed by atoms with E-state index in [0.717, 1.165) is 10.5 Å². The monoisotopic (exact) mass is 430 g/mol. The average molecular weight is 430 g/mol. The number of ether oxygens (including phenoxy) is 1. The maximum atomic E-state index is 14.3. The van der Waals surface area contributed by atoms with Crippen LogP contribution >= 0.6 is 11.8 Å². The zero-order chi connectivity index (χ0) is 21.7. The first-order valence-corrected chi connectivity index (χ1v) is 9.97. The van der Waals surface area contributed by atoms with Crippen LogP contribution in [0.1, 0.15) is 11.1 Å². The van der Waals surface area contributed by atoms with Crippen molar-refractivity contribution in [2.75, 3.05) is 5.88 Å². The quantitative estimate of drug-likeness (QED) is 0.431. The number of thioether (sulfide) groups is 1. The van der Waals surface area contributed by atoms with Crippen molar-refractivity contribution in [2.45, 2.75) is 18.5 Å². The first kappa shape index (κ1) is 21.7. The number of carboxylic acids is 1. The van der Waals surface area contributed by atoms with Gasteiger partial charge in [0.25, 0.3) is 0 Å². The number of nitrogens with two attached hydrogens (primary N) is 1. The van der Waals surface area contributed by atoms with E-state index in [9.17, 15) is 18.8 Å². The van der Waals surface area contributed by atoms with E-state index < -0.39 is 29.7 Å². The van der Waals surface area contributed by atoms with Gasteiger partial charge >= 0.3 is 5.97 Å². The molecule has 1 aliphatic rings. The topological polar surface area (TPSA) is 119 Å². The zero-order valence-electron chi connectivity index (χ0n) is 15.7. The van der Waals surface area contributed by atoms with Crippen LogP contribution in [0.25, 0.3) is 6.08 Å². The number of carbonyl (C=O) groups is 3. The van der Waals surface area contributed by atoms with Crippen molar-refractivity contribution in [3.05, 3.63) is 64.3 Å². The molecule has 30 heavy (non-hydrogen) atoms. The van der Waals surface area contributed by atoms with Gasteiger partial charge in [-0.3, -0.25) is 19.7 Å². The highest BCUT2D eigenvalue weighted by Gasteiger charge is 2.27. The maximum Gasteiger partial charge on any atom is 0.320 e. The molecule has 1 saturated heterocycles. The number of aliphatic carboxylic acids is 1. The molecule has 0 aromatic heterocycles. The van der Waals surface area contributed by atoms with Crippen LogP contribution in [-0.2, 0) is 20.8 Å². The van der Waals surface area contributed by atoms with Gasteiger partial charge < -0.3 is 15.6 Å². The van der Waals surface area contributed by atoms with Crippen LogP contribution in [0.2, 0.25) is 0 Å². The van der Waals surface area contributed by atoms with Gasteiger partial charge in [-0.1, -0.05) is 18.2 Å². The fourth-order valence-corrected chi connectivity index (χ4v) is 3.85. The highest BCUT2D eigenvalue weighted by atomic mass is 32.2.